The van der Waals surface area contributed by atoms with Crippen molar-refractivity contribution >= 4 is 28.9 Å². The summed E-state index contributed by atoms with van der Waals surface area (Å²) in [6, 6.07) is 3.87. The monoisotopic (exact) mass is 400 g/mol. The van der Waals surface area contributed by atoms with E-state index in [1.807, 2.05) is 16.7 Å². The van der Waals surface area contributed by atoms with Gasteiger partial charge in [-0.05, 0) is 43.5 Å². The van der Waals surface area contributed by atoms with Gasteiger partial charge in [-0.1, -0.05) is 0 Å². The van der Waals surface area contributed by atoms with Gasteiger partial charge in [0, 0.05) is 31.1 Å². The summed E-state index contributed by atoms with van der Waals surface area (Å²) in [5.74, 6) is 3.01. The van der Waals surface area contributed by atoms with Gasteiger partial charge in [0.2, 0.25) is 0 Å². The molecule has 8 nitrogen and oxygen atoms in total. The number of methoxy groups -OCH3 is 2. The molecule has 1 saturated heterocycles. The van der Waals surface area contributed by atoms with Crippen molar-refractivity contribution in [2.45, 2.75) is 25.8 Å². The van der Waals surface area contributed by atoms with Gasteiger partial charge >= 0.3 is 0 Å². The SMILES string of the molecule is COc1cc2ncnc(N3CCC(CCn4cn[nH]c4=S)CC3)c2cc1OC. The first-order valence-electron chi connectivity index (χ1n) is 9.41. The Morgan fingerprint density at radius 1 is 1.14 bits per heavy atom. The van der Waals surface area contributed by atoms with Gasteiger partial charge in [-0.2, -0.15) is 5.10 Å². The van der Waals surface area contributed by atoms with E-state index in [0.29, 0.717) is 22.2 Å². The van der Waals surface area contributed by atoms with E-state index >= 15 is 0 Å². The number of H-pyrrole nitrogens is 1. The lowest BCUT2D eigenvalue weighted by atomic mass is 9.93. The summed E-state index contributed by atoms with van der Waals surface area (Å²) in [5.41, 5.74) is 0.860. The van der Waals surface area contributed by atoms with Crippen molar-refractivity contribution in [1.29, 1.82) is 0 Å². The van der Waals surface area contributed by atoms with Crippen LogP contribution in [0.1, 0.15) is 19.3 Å². The Balaban J connectivity index is 1.47. The molecule has 148 valence electrons. The number of piperidine rings is 1. The molecule has 1 N–H and O–H groups in total. The third kappa shape index (κ3) is 3.66. The molecule has 1 aliphatic rings. The van der Waals surface area contributed by atoms with Crippen LogP contribution in [0.3, 0.4) is 0 Å². The molecule has 0 radical (unpaired) electrons. The summed E-state index contributed by atoms with van der Waals surface area (Å²) in [6.07, 6.45) is 6.76. The van der Waals surface area contributed by atoms with E-state index in [9.17, 15) is 0 Å². The van der Waals surface area contributed by atoms with E-state index in [2.05, 4.69) is 25.1 Å². The highest BCUT2D eigenvalue weighted by molar-refractivity contribution is 7.71. The first-order chi connectivity index (χ1) is 13.7. The van der Waals surface area contributed by atoms with Crippen LogP contribution < -0.4 is 14.4 Å². The third-order valence-corrected chi connectivity index (χ3v) is 5.76. The number of aromatic amines is 1. The quantitative estimate of drug-likeness (QED) is 0.636. The zero-order valence-electron chi connectivity index (χ0n) is 16.1. The molecular weight excluding hydrogens is 376 g/mol. The molecule has 0 bridgehead atoms. The number of nitrogens with zero attached hydrogens (tertiary/aromatic N) is 5. The minimum absolute atomic E-state index is 0.677. The van der Waals surface area contributed by atoms with E-state index in [1.165, 1.54) is 0 Å². The Labute approximate surface area is 168 Å². The van der Waals surface area contributed by atoms with Crippen LogP contribution in [0.2, 0.25) is 0 Å². The van der Waals surface area contributed by atoms with Crippen LogP contribution in [0.5, 0.6) is 11.5 Å². The van der Waals surface area contributed by atoms with Gasteiger partial charge in [0.1, 0.15) is 18.5 Å². The second kappa shape index (κ2) is 8.14. The number of aryl methyl sites for hydroxylation is 1. The topological polar surface area (TPSA) is 81.1 Å². The van der Waals surface area contributed by atoms with Crippen LogP contribution >= 0.6 is 12.2 Å². The molecule has 1 fully saturated rings. The first kappa shape index (κ1) is 18.7. The van der Waals surface area contributed by atoms with E-state index < -0.39 is 0 Å². The molecule has 0 amide bonds. The van der Waals surface area contributed by atoms with Crippen molar-refractivity contribution < 1.29 is 9.47 Å². The van der Waals surface area contributed by atoms with Gasteiger partial charge in [0.05, 0.1) is 19.7 Å². The van der Waals surface area contributed by atoms with Gasteiger partial charge in [-0.15, -0.1) is 0 Å². The number of rotatable bonds is 6. The van der Waals surface area contributed by atoms with Crippen LogP contribution in [0.15, 0.2) is 24.8 Å². The molecule has 0 unspecified atom stereocenters. The zero-order valence-corrected chi connectivity index (χ0v) is 16.9. The van der Waals surface area contributed by atoms with Gasteiger partial charge in [0.15, 0.2) is 16.3 Å². The second-order valence-corrected chi connectivity index (χ2v) is 7.38. The Morgan fingerprint density at radius 2 is 1.89 bits per heavy atom. The van der Waals surface area contributed by atoms with Gasteiger partial charge in [-0.3, -0.25) is 5.10 Å². The van der Waals surface area contributed by atoms with Crippen LogP contribution in [0.25, 0.3) is 10.9 Å². The maximum absolute atomic E-state index is 5.46. The number of nitrogens with one attached hydrogen (secondary N) is 1. The molecular formula is C19H24N6O2S. The molecule has 4 rings (SSSR count). The van der Waals surface area contributed by atoms with Crippen molar-refractivity contribution in [3.63, 3.8) is 0 Å². The number of ether oxygens (including phenoxy) is 2. The zero-order chi connectivity index (χ0) is 19.5. The van der Waals surface area contributed by atoms with Crippen molar-refractivity contribution in [3.05, 3.63) is 29.6 Å². The van der Waals surface area contributed by atoms with Gasteiger partial charge in [0.25, 0.3) is 0 Å². The summed E-state index contributed by atoms with van der Waals surface area (Å²) >= 11 is 5.22. The van der Waals surface area contributed by atoms with E-state index in [-0.39, 0.29) is 0 Å². The molecule has 0 spiro atoms. The van der Waals surface area contributed by atoms with E-state index in [0.717, 1.165) is 55.6 Å². The predicted molar refractivity (Wildman–Crippen MR) is 110 cm³/mol. The van der Waals surface area contributed by atoms with Gasteiger partial charge < -0.3 is 18.9 Å². The summed E-state index contributed by atoms with van der Waals surface area (Å²) in [6.45, 7) is 2.86. The lowest BCUT2D eigenvalue weighted by molar-refractivity contribution is 0.355. The Morgan fingerprint density at radius 3 is 2.57 bits per heavy atom. The van der Waals surface area contributed by atoms with Crippen LogP contribution in [-0.4, -0.2) is 52.0 Å². The molecule has 28 heavy (non-hydrogen) atoms. The average molecular weight is 401 g/mol. The minimum Gasteiger partial charge on any atom is -0.493 e. The maximum Gasteiger partial charge on any atom is 0.194 e. The molecule has 9 heteroatoms. The van der Waals surface area contributed by atoms with Gasteiger partial charge in [-0.25, -0.2) is 9.97 Å². The van der Waals surface area contributed by atoms with Crippen LogP contribution in [-0.2, 0) is 6.54 Å². The largest absolute Gasteiger partial charge is 0.493 e. The molecule has 1 aliphatic heterocycles. The number of hydrogen-bond donors (Lipinski definition) is 1. The Bertz CT molecular complexity index is 1010. The normalized spacial score (nSPS) is 15.1. The number of fused-ring (bicyclic) bond motifs is 1. The summed E-state index contributed by atoms with van der Waals surface area (Å²) < 4.78 is 13.5. The van der Waals surface area contributed by atoms with Crippen LogP contribution in [0.4, 0.5) is 5.82 Å². The van der Waals surface area contributed by atoms with Crippen LogP contribution in [0, 0.1) is 10.7 Å². The molecule has 0 aliphatic carbocycles. The highest BCUT2D eigenvalue weighted by atomic mass is 32.1. The third-order valence-electron chi connectivity index (χ3n) is 5.43. The summed E-state index contributed by atoms with van der Waals surface area (Å²) in [7, 11) is 3.28. The minimum atomic E-state index is 0.677. The smallest absolute Gasteiger partial charge is 0.194 e. The number of aromatic nitrogens is 5. The summed E-state index contributed by atoms with van der Waals surface area (Å²) in [4.78, 5) is 11.3. The van der Waals surface area contributed by atoms with Crippen molar-refractivity contribution in [2.24, 2.45) is 5.92 Å². The number of hydrogen-bond acceptors (Lipinski definition) is 7. The molecule has 0 saturated carbocycles. The fraction of sp³-hybridized carbons (Fsp3) is 0.474. The highest BCUT2D eigenvalue weighted by Crippen LogP contribution is 2.36. The highest BCUT2D eigenvalue weighted by Gasteiger charge is 2.22. The van der Waals surface area contributed by atoms with Crippen molar-refractivity contribution in [3.8, 4) is 11.5 Å². The molecule has 3 aromatic rings. The number of anilines is 1. The second-order valence-electron chi connectivity index (χ2n) is 7.00. The number of benzene rings is 1. The fourth-order valence-electron chi connectivity index (χ4n) is 3.81. The maximum atomic E-state index is 5.46. The molecule has 0 atom stereocenters. The first-order valence-corrected chi connectivity index (χ1v) is 9.82. The van der Waals surface area contributed by atoms with E-state index in [4.69, 9.17) is 21.7 Å². The Kier molecular flexibility index (Phi) is 5.43. The molecule has 3 heterocycles. The fourth-order valence-corrected chi connectivity index (χ4v) is 4.00. The average Bonchev–Trinajstić information content (AvgIpc) is 3.15. The lowest BCUT2D eigenvalue weighted by Crippen LogP contribution is -2.34. The molecule has 1 aromatic carbocycles. The summed E-state index contributed by atoms with van der Waals surface area (Å²) in [5, 5.41) is 7.78. The lowest BCUT2D eigenvalue weighted by Gasteiger charge is -2.33. The standard InChI is InChI=1S/C19H24N6O2S/c1-26-16-9-14-15(10-17(16)27-2)20-11-21-18(14)24-6-3-13(4-7-24)5-8-25-12-22-23-19(25)28/h9-13H,3-8H2,1-2H3,(H,23,28). The van der Waals surface area contributed by atoms with Crippen molar-refractivity contribution in [1.82, 2.24) is 24.7 Å². The molecule has 2 aromatic heterocycles. The Hall–Kier alpha value is -2.68. The predicted octanol–water partition coefficient (Wildman–Crippen LogP) is 3.21. The van der Waals surface area contributed by atoms with Crippen molar-refractivity contribution in [2.75, 3.05) is 32.2 Å². The van der Waals surface area contributed by atoms with E-state index in [1.54, 1.807) is 26.9 Å².